The van der Waals surface area contributed by atoms with Gasteiger partial charge in [0, 0.05) is 5.02 Å². The molecule has 0 saturated heterocycles. The minimum atomic E-state index is -0.319. The molecule has 0 aromatic heterocycles. The standard InChI is InChI=1S/C18H19ClN2O2/c1-12-4-5-15(13(2)8-12)10-20-21-18(22)11-23-17-7-6-16(19)9-14(17)3/h4-10H,11H2,1-3H3,(H,21,22)/b20-10-. The van der Waals surface area contributed by atoms with Crippen LogP contribution in [0, 0.1) is 20.8 Å². The van der Waals surface area contributed by atoms with Gasteiger partial charge in [-0.1, -0.05) is 35.4 Å². The molecule has 1 amide bonds. The van der Waals surface area contributed by atoms with Crippen molar-refractivity contribution in [3.63, 3.8) is 0 Å². The van der Waals surface area contributed by atoms with Crippen molar-refractivity contribution >= 4 is 23.7 Å². The first-order chi connectivity index (χ1) is 11.0. The first-order valence-electron chi connectivity index (χ1n) is 7.24. The highest BCUT2D eigenvalue weighted by Gasteiger charge is 2.04. The molecule has 0 unspecified atom stereocenters. The van der Waals surface area contributed by atoms with Gasteiger partial charge >= 0.3 is 0 Å². The monoisotopic (exact) mass is 330 g/mol. The summed E-state index contributed by atoms with van der Waals surface area (Å²) in [5.41, 5.74) is 6.59. The van der Waals surface area contributed by atoms with Gasteiger partial charge in [-0.25, -0.2) is 5.43 Å². The van der Waals surface area contributed by atoms with Crippen LogP contribution in [0.4, 0.5) is 0 Å². The average molecular weight is 331 g/mol. The minimum Gasteiger partial charge on any atom is -0.483 e. The lowest BCUT2D eigenvalue weighted by Gasteiger charge is -2.08. The molecule has 2 rings (SSSR count). The molecule has 0 spiro atoms. The Morgan fingerprint density at radius 2 is 1.96 bits per heavy atom. The van der Waals surface area contributed by atoms with Gasteiger partial charge in [0.1, 0.15) is 5.75 Å². The number of carbonyl (C=O) groups is 1. The van der Waals surface area contributed by atoms with Gasteiger partial charge in [0.25, 0.3) is 5.91 Å². The highest BCUT2D eigenvalue weighted by Crippen LogP contribution is 2.21. The SMILES string of the molecule is Cc1ccc(/C=N\NC(=O)COc2ccc(Cl)cc2C)c(C)c1. The second-order valence-corrected chi connectivity index (χ2v) is 5.79. The largest absolute Gasteiger partial charge is 0.483 e. The van der Waals surface area contributed by atoms with Crippen LogP contribution in [0.25, 0.3) is 0 Å². The molecule has 0 heterocycles. The van der Waals surface area contributed by atoms with E-state index in [9.17, 15) is 4.79 Å². The van der Waals surface area contributed by atoms with E-state index in [0.29, 0.717) is 10.8 Å². The number of hydrogen-bond acceptors (Lipinski definition) is 3. The van der Waals surface area contributed by atoms with E-state index in [0.717, 1.165) is 16.7 Å². The third-order valence-corrected chi connectivity index (χ3v) is 3.55. The molecule has 0 fully saturated rings. The van der Waals surface area contributed by atoms with Crippen LogP contribution >= 0.6 is 11.6 Å². The van der Waals surface area contributed by atoms with Crippen molar-refractivity contribution in [1.29, 1.82) is 0 Å². The van der Waals surface area contributed by atoms with Crippen molar-refractivity contribution in [2.75, 3.05) is 6.61 Å². The van der Waals surface area contributed by atoms with Crippen LogP contribution < -0.4 is 10.2 Å². The van der Waals surface area contributed by atoms with E-state index in [-0.39, 0.29) is 12.5 Å². The Bertz CT molecular complexity index is 742. The zero-order valence-electron chi connectivity index (χ0n) is 13.4. The fraction of sp³-hybridized carbons (Fsp3) is 0.222. The number of nitrogens with one attached hydrogen (secondary N) is 1. The summed E-state index contributed by atoms with van der Waals surface area (Å²) < 4.78 is 5.45. The van der Waals surface area contributed by atoms with Crippen molar-refractivity contribution in [1.82, 2.24) is 5.43 Å². The van der Waals surface area contributed by atoms with E-state index in [1.807, 2.05) is 32.9 Å². The summed E-state index contributed by atoms with van der Waals surface area (Å²) in [7, 11) is 0. The molecule has 0 aliphatic heterocycles. The molecule has 0 aliphatic carbocycles. The van der Waals surface area contributed by atoms with Crippen LogP contribution in [0.5, 0.6) is 5.75 Å². The third kappa shape index (κ3) is 5.11. The number of nitrogens with zero attached hydrogens (tertiary/aromatic N) is 1. The summed E-state index contributed by atoms with van der Waals surface area (Å²) in [6.45, 7) is 5.80. The molecule has 1 N–H and O–H groups in total. The Morgan fingerprint density at radius 1 is 1.17 bits per heavy atom. The van der Waals surface area contributed by atoms with E-state index in [1.165, 1.54) is 5.56 Å². The van der Waals surface area contributed by atoms with Crippen LogP contribution in [0.3, 0.4) is 0 Å². The molecular formula is C18H19ClN2O2. The summed E-state index contributed by atoms with van der Waals surface area (Å²) >= 11 is 5.87. The molecule has 4 nitrogen and oxygen atoms in total. The molecule has 0 aliphatic rings. The maximum absolute atomic E-state index is 11.7. The first-order valence-corrected chi connectivity index (χ1v) is 7.61. The maximum atomic E-state index is 11.7. The summed E-state index contributed by atoms with van der Waals surface area (Å²) in [6, 6.07) is 11.3. The topological polar surface area (TPSA) is 50.7 Å². The molecular weight excluding hydrogens is 312 g/mol. The summed E-state index contributed by atoms with van der Waals surface area (Å²) in [4.78, 5) is 11.7. The number of carbonyl (C=O) groups excluding carboxylic acids is 1. The molecule has 0 radical (unpaired) electrons. The predicted octanol–water partition coefficient (Wildman–Crippen LogP) is 3.79. The summed E-state index contributed by atoms with van der Waals surface area (Å²) in [5.74, 6) is 0.309. The Morgan fingerprint density at radius 3 is 2.65 bits per heavy atom. The van der Waals surface area contributed by atoms with Crippen molar-refractivity contribution in [2.24, 2.45) is 5.10 Å². The van der Waals surface area contributed by atoms with Crippen molar-refractivity contribution in [3.05, 3.63) is 63.7 Å². The number of halogens is 1. The van der Waals surface area contributed by atoms with E-state index >= 15 is 0 Å². The fourth-order valence-electron chi connectivity index (χ4n) is 2.09. The van der Waals surface area contributed by atoms with Gasteiger partial charge in [-0.05, 0) is 55.7 Å². The van der Waals surface area contributed by atoms with Crippen molar-refractivity contribution in [3.8, 4) is 5.75 Å². The highest BCUT2D eigenvalue weighted by atomic mass is 35.5. The Labute approximate surface area is 141 Å². The predicted molar refractivity (Wildman–Crippen MR) is 93.3 cm³/mol. The van der Waals surface area contributed by atoms with Gasteiger partial charge in [-0.15, -0.1) is 0 Å². The molecule has 5 heteroatoms. The number of amides is 1. The second kappa shape index (κ2) is 7.79. The lowest BCUT2D eigenvalue weighted by Crippen LogP contribution is -2.24. The van der Waals surface area contributed by atoms with Crippen LogP contribution in [0.1, 0.15) is 22.3 Å². The molecule has 120 valence electrons. The lowest BCUT2D eigenvalue weighted by molar-refractivity contribution is -0.123. The highest BCUT2D eigenvalue weighted by molar-refractivity contribution is 6.30. The number of ether oxygens (including phenoxy) is 1. The smallest absolute Gasteiger partial charge is 0.277 e. The third-order valence-electron chi connectivity index (χ3n) is 3.31. The first kappa shape index (κ1) is 17.0. The molecule has 0 atom stereocenters. The van der Waals surface area contributed by atoms with Crippen molar-refractivity contribution < 1.29 is 9.53 Å². The van der Waals surface area contributed by atoms with Gasteiger partial charge in [-0.2, -0.15) is 5.10 Å². The molecule has 0 bridgehead atoms. The van der Waals surface area contributed by atoms with Crippen LogP contribution in [0.15, 0.2) is 41.5 Å². The summed E-state index contributed by atoms with van der Waals surface area (Å²) in [6.07, 6.45) is 1.63. The Hall–Kier alpha value is -2.33. The Kier molecular flexibility index (Phi) is 5.77. The Balaban J connectivity index is 1.86. The van der Waals surface area contributed by atoms with E-state index < -0.39 is 0 Å². The van der Waals surface area contributed by atoms with Crippen LogP contribution in [-0.2, 0) is 4.79 Å². The van der Waals surface area contributed by atoms with E-state index in [2.05, 4.69) is 16.6 Å². The number of hydrogen-bond donors (Lipinski definition) is 1. The molecule has 2 aromatic carbocycles. The lowest BCUT2D eigenvalue weighted by atomic mass is 10.1. The van der Waals surface area contributed by atoms with Crippen LogP contribution in [-0.4, -0.2) is 18.7 Å². The number of hydrazone groups is 1. The van der Waals surface area contributed by atoms with Crippen molar-refractivity contribution in [2.45, 2.75) is 20.8 Å². The normalized spacial score (nSPS) is 10.8. The number of benzene rings is 2. The fourth-order valence-corrected chi connectivity index (χ4v) is 2.32. The quantitative estimate of drug-likeness (QED) is 0.669. The average Bonchev–Trinajstić information content (AvgIpc) is 2.48. The minimum absolute atomic E-state index is 0.104. The van der Waals surface area contributed by atoms with Gasteiger partial charge in [-0.3, -0.25) is 4.79 Å². The van der Waals surface area contributed by atoms with Crippen LogP contribution in [0.2, 0.25) is 5.02 Å². The van der Waals surface area contributed by atoms with Gasteiger partial charge in [0.2, 0.25) is 0 Å². The molecule has 0 saturated carbocycles. The van der Waals surface area contributed by atoms with Gasteiger partial charge in [0.15, 0.2) is 6.61 Å². The zero-order valence-corrected chi connectivity index (χ0v) is 14.1. The summed E-state index contributed by atoms with van der Waals surface area (Å²) in [5, 5.41) is 4.59. The molecule has 2 aromatic rings. The number of aryl methyl sites for hydroxylation is 3. The maximum Gasteiger partial charge on any atom is 0.277 e. The van der Waals surface area contributed by atoms with E-state index in [1.54, 1.807) is 24.4 Å². The second-order valence-electron chi connectivity index (χ2n) is 5.35. The molecule has 23 heavy (non-hydrogen) atoms. The van der Waals surface area contributed by atoms with Gasteiger partial charge < -0.3 is 4.74 Å². The van der Waals surface area contributed by atoms with Gasteiger partial charge in [0.05, 0.1) is 6.21 Å². The van der Waals surface area contributed by atoms with E-state index in [4.69, 9.17) is 16.3 Å². The number of rotatable bonds is 5. The zero-order chi connectivity index (χ0) is 16.8.